The lowest BCUT2D eigenvalue weighted by Crippen LogP contribution is -2.33. The van der Waals surface area contributed by atoms with Gasteiger partial charge in [-0.3, -0.25) is 4.79 Å². The first kappa shape index (κ1) is 11.9. The molecule has 2 aliphatic rings. The van der Waals surface area contributed by atoms with E-state index in [0.29, 0.717) is 0 Å². The molecule has 0 aromatic heterocycles. The summed E-state index contributed by atoms with van der Waals surface area (Å²) in [6, 6.07) is 0. The van der Waals surface area contributed by atoms with Gasteiger partial charge in [0.2, 0.25) is 0 Å². The molecular weight excluding hydrogens is 206 g/mol. The predicted molar refractivity (Wildman–Crippen MR) is 60.2 cm³/mol. The number of rotatable bonds is 4. The molecule has 2 fully saturated rings. The minimum Gasteiger partial charge on any atom is -0.468 e. The van der Waals surface area contributed by atoms with Crippen molar-refractivity contribution in [2.75, 3.05) is 20.2 Å². The summed E-state index contributed by atoms with van der Waals surface area (Å²) in [5.74, 6) is -0.214. The molecule has 2 rings (SSSR count). The van der Waals surface area contributed by atoms with Crippen LogP contribution in [0.4, 0.5) is 0 Å². The van der Waals surface area contributed by atoms with Crippen LogP contribution in [0.25, 0.3) is 0 Å². The first-order valence-electron chi connectivity index (χ1n) is 6.19. The second-order valence-electron chi connectivity index (χ2n) is 4.88. The van der Waals surface area contributed by atoms with Gasteiger partial charge in [0.1, 0.15) is 0 Å². The van der Waals surface area contributed by atoms with Crippen LogP contribution in [-0.4, -0.2) is 37.9 Å². The minimum absolute atomic E-state index is 0.192. The van der Waals surface area contributed by atoms with Crippen molar-refractivity contribution in [3.63, 3.8) is 0 Å². The first-order valence-corrected chi connectivity index (χ1v) is 6.19. The molecule has 1 N–H and O–H groups in total. The van der Waals surface area contributed by atoms with Gasteiger partial charge in [0.05, 0.1) is 25.4 Å². The van der Waals surface area contributed by atoms with Crippen LogP contribution in [0.1, 0.15) is 38.5 Å². The highest BCUT2D eigenvalue weighted by molar-refractivity contribution is 5.71. The van der Waals surface area contributed by atoms with Gasteiger partial charge in [-0.1, -0.05) is 12.8 Å². The highest BCUT2D eigenvalue weighted by Crippen LogP contribution is 2.42. The fourth-order valence-electron chi connectivity index (χ4n) is 2.83. The first-order chi connectivity index (χ1) is 7.74. The number of hydrogen-bond donors (Lipinski definition) is 1. The van der Waals surface area contributed by atoms with E-state index in [0.717, 1.165) is 13.0 Å². The summed E-state index contributed by atoms with van der Waals surface area (Å²) in [5.41, 5.74) is 0.192. The summed E-state index contributed by atoms with van der Waals surface area (Å²) in [5, 5.41) is 3.08. The number of carbonyl (C=O) groups excluding carboxylic acids is 1. The SMILES string of the molecule is COC(=O)CNCC1CCC2(CCCC2)O1. The van der Waals surface area contributed by atoms with Gasteiger partial charge in [-0.15, -0.1) is 0 Å². The molecule has 0 aromatic carbocycles. The monoisotopic (exact) mass is 227 g/mol. The number of esters is 1. The van der Waals surface area contributed by atoms with Crippen LogP contribution in [0.2, 0.25) is 0 Å². The van der Waals surface area contributed by atoms with E-state index in [1.165, 1.54) is 39.2 Å². The maximum Gasteiger partial charge on any atom is 0.319 e. The molecule has 1 heterocycles. The van der Waals surface area contributed by atoms with E-state index in [-0.39, 0.29) is 24.2 Å². The van der Waals surface area contributed by atoms with Crippen LogP contribution in [0, 0.1) is 0 Å². The van der Waals surface area contributed by atoms with E-state index in [1.54, 1.807) is 0 Å². The lowest BCUT2D eigenvalue weighted by Gasteiger charge is -2.23. The summed E-state index contributed by atoms with van der Waals surface area (Å²) >= 11 is 0. The molecule has 0 aromatic rings. The van der Waals surface area contributed by atoms with Crippen molar-refractivity contribution >= 4 is 5.97 Å². The molecule has 1 unspecified atom stereocenters. The molecule has 0 amide bonds. The van der Waals surface area contributed by atoms with Gasteiger partial charge in [-0.05, 0) is 25.7 Å². The fourth-order valence-corrected chi connectivity index (χ4v) is 2.83. The molecule has 4 heteroatoms. The van der Waals surface area contributed by atoms with Gasteiger partial charge >= 0.3 is 5.97 Å². The number of methoxy groups -OCH3 is 1. The van der Waals surface area contributed by atoms with E-state index < -0.39 is 0 Å². The van der Waals surface area contributed by atoms with Crippen LogP contribution >= 0.6 is 0 Å². The molecule has 1 aliphatic heterocycles. The van der Waals surface area contributed by atoms with Crippen LogP contribution in [0.5, 0.6) is 0 Å². The Labute approximate surface area is 96.7 Å². The van der Waals surface area contributed by atoms with Crippen LogP contribution in [0.15, 0.2) is 0 Å². The van der Waals surface area contributed by atoms with Crippen molar-refractivity contribution < 1.29 is 14.3 Å². The smallest absolute Gasteiger partial charge is 0.319 e. The molecule has 1 saturated heterocycles. The number of nitrogens with one attached hydrogen (secondary N) is 1. The summed E-state index contributed by atoms with van der Waals surface area (Å²) in [7, 11) is 1.41. The quantitative estimate of drug-likeness (QED) is 0.734. The molecule has 16 heavy (non-hydrogen) atoms. The molecule has 92 valence electrons. The lowest BCUT2D eigenvalue weighted by molar-refractivity contribution is -0.139. The summed E-state index contributed by atoms with van der Waals surface area (Å²) < 4.78 is 10.7. The maximum absolute atomic E-state index is 10.9. The molecule has 1 atom stereocenters. The van der Waals surface area contributed by atoms with Gasteiger partial charge in [0.25, 0.3) is 0 Å². The zero-order valence-corrected chi connectivity index (χ0v) is 9.96. The number of ether oxygens (including phenoxy) is 2. The Kier molecular flexibility index (Phi) is 3.82. The van der Waals surface area contributed by atoms with Gasteiger partial charge in [0.15, 0.2) is 0 Å². The Hall–Kier alpha value is -0.610. The standard InChI is InChI=1S/C12H21NO3/c1-15-11(14)9-13-8-10-4-7-12(16-10)5-2-3-6-12/h10,13H,2-9H2,1H3. The second kappa shape index (κ2) is 5.15. The van der Waals surface area contributed by atoms with E-state index in [2.05, 4.69) is 10.1 Å². The average molecular weight is 227 g/mol. The lowest BCUT2D eigenvalue weighted by atomic mass is 9.98. The normalized spacial score (nSPS) is 27.4. The summed E-state index contributed by atoms with van der Waals surface area (Å²) in [6.07, 6.45) is 7.65. The Morgan fingerprint density at radius 3 is 2.88 bits per heavy atom. The molecule has 0 bridgehead atoms. The average Bonchev–Trinajstić information content (AvgIpc) is 2.90. The van der Waals surface area contributed by atoms with Crippen molar-refractivity contribution in [2.45, 2.75) is 50.2 Å². The van der Waals surface area contributed by atoms with Gasteiger partial charge in [0, 0.05) is 6.54 Å². The Morgan fingerprint density at radius 2 is 2.19 bits per heavy atom. The highest BCUT2D eigenvalue weighted by atomic mass is 16.5. The third-order valence-electron chi connectivity index (χ3n) is 3.72. The van der Waals surface area contributed by atoms with Crippen LogP contribution < -0.4 is 5.32 Å². The van der Waals surface area contributed by atoms with Gasteiger partial charge in [-0.25, -0.2) is 0 Å². The Balaban J connectivity index is 1.67. The van der Waals surface area contributed by atoms with Crippen molar-refractivity contribution in [3.8, 4) is 0 Å². The third-order valence-corrected chi connectivity index (χ3v) is 3.72. The molecule has 1 saturated carbocycles. The van der Waals surface area contributed by atoms with E-state index in [4.69, 9.17) is 4.74 Å². The number of hydrogen-bond acceptors (Lipinski definition) is 4. The molecular formula is C12H21NO3. The van der Waals surface area contributed by atoms with Crippen molar-refractivity contribution in [1.29, 1.82) is 0 Å². The zero-order chi connectivity index (χ0) is 11.4. The Morgan fingerprint density at radius 1 is 1.44 bits per heavy atom. The van der Waals surface area contributed by atoms with Gasteiger partial charge in [-0.2, -0.15) is 0 Å². The molecule has 1 aliphatic carbocycles. The predicted octanol–water partition coefficient (Wildman–Crippen LogP) is 1.24. The third kappa shape index (κ3) is 2.74. The van der Waals surface area contributed by atoms with Crippen molar-refractivity contribution in [2.24, 2.45) is 0 Å². The number of carbonyl (C=O) groups is 1. The molecule has 1 spiro atoms. The Bertz CT molecular complexity index is 249. The maximum atomic E-state index is 10.9. The highest BCUT2D eigenvalue weighted by Gasteiger charge is 2.41. The summed E-state index contributed by atoms with van der Waals surface area (Å²) in [6.45, 7) is 1.04. The zero-order valence-electron chi connectivity index (χ0n) is 9.96. The second-order valence-corrected chi connectivity index (χ2v) is 4.88. The molecule has 0 radical (unpaired) electrons. The van der Waals surface area contributed by atoms with Gasteiger partial charge < -0.3 is 14.8 Å². The molecule has 4 nitrogen and oxygen atoms in total. The van der Waals surface area contributed by atoms with Crippen LogP contribution in [-0.2, 0) is 14.3 Å². The largest absolute Gasteiger partial charge is 0.468 e. The van der Waals surface area contributed by atoms with Crippen LogP contribution in [0.3, 0.4) is 0 Å². The van der Waals surface area contributed by atoms with Crippen molar-refractivity contribution in [1.82, 2.24) is 5.32 Å². The van der Waals surface area contributed by atoms with E-state index in [1.807, 2.05) is 0 Å². The van der Waals surface area contributed by atoms with Crippen molar-refractivity contribution in [3.05, 3.63) is 0 Å². The van der Waals surface area contributed by atoms with E-state index >= 15 is 0 Å². The fraction of sp³-hybridized carbons (Fsp3) is 0.917. The summed E-state index contributed by atoms with van der Waals surface area (Å²) in [4.78, 5) is 10.9. The topological polar surface area (TPSA) is 47.6 Å². The minimum atomic E-state index is -0.214. The van der Waals surface area contributed by atoms with E-state index in [9.17, 15) is 4.79 Å².